The molecule has 25 heavy (non-hydrogen) atoms. The van der Waals surface area contributed by atoms with E-state index in [9.17, 15) is 4.79 Å². The highest BCUT2D eigenvalue weighted by Gasteiger charge is 2.21. The van der Waals surface area contributed by atoms with Crippen LogP contribution in [0, 0.1) is 0 Å². The van der Waals surface area contributed by atoms with E-state index in [4.69, 9.17) is 0 Å². The highest BCUT2D eigenvalue weighted by atomic mass is 32.1. The van der Waals surface area contributed by atoms with Gasteiger partial charge in [-0.15, -0.1) is 0 Å². The molecule has 2 aromatic rings. The lowest BCUT2D eigenvalue weighted by molar-refractivity contribution is -0.132. The van der Waals surface area contributed by atoms with E-state index in [0.717, 1.165) is 32.5 Å². The van der Waals surface area contributed by atoms with E-state index in [-0.39, 0.29) is 5.91 Å². The lowest BCUT2D eigenvalue weighted by Gasteiger charge is -2.25. The van der Waals surface area contributed by atoms with Crippen LogP contribution in [0.25, 0.3) is 0 Å². The summed E-state index contributed by atoms with van der Waals surface area (Å²) in [6.07, 6.45) is 6.31. The smallest absolute Gasteiger partial charge is 0.244 e. The first-order valence-corrected chi connectivity index (χ1v) is 10.2. The molecular formula is C19H28N4OS. The Morgan fingerprint density at radius 3 is 3.12 bits per heavy atom. The van der Waals surface area contributed by atoms with Gasteiger partial charge in [-0.25, -0.2) is 0 Å². The Morgan fingerprint density at radius 1 is 1.48 bits per heavy atom. The minimum atomic E-state index is 0.161. The maximum Gasteiger partial charge on any atom is 0.244 e. The van der Waals surface area contributed by atoms with Gasteiger partial charge in [-0.3, -0.25) is 9.48 Å². The quantitative estimate of drug-likeness (QED) is 0.786. The number of carbonyl (C=O) groups excluding carboxylic acids is 1. The monoisotopic (exact) mass is 360 g/mol. The molecular weight excluding hydrogens is 332 g/mol. The number of hydrogen-bond acceptors (Lipinski definition) is 4. The van der Waals surface area contributed by atoms with Gasteiger partial charge in [-0.1, -0.05) is 13.3 Å². The second kappa shape index (κ2) is 9.15. The first-order chi connectivity index (χ1) is 12.3. The van der Waals surface area contributed by atoms with Crippen molar-refractivity contribution in [3.8, 4) is 0 Å². The number of carbonyl (C=O) groups is 1. The third kappa shape index (κ3) is 4.92. The van der Waals surface area contributed by atoms with E-state index < -0.39 is 0 Å². The zero-order chi connectivity index (χ0) is 17.5. The Labute approximate surface area is 154 Å². The Balaban J connectivity index is 1.67. The molecule has 0 aliphatic carbocycles. The number of rotatable bonds is 8. The standard InChI is InChI=1S/C19H28N4OS/c1-2-3-10-22(13-16-7-11-25-15-16)19(24)14-23-18(6-9-21-23)17-5-4-8-20-12-17/h6-7,9,11,15,17,20H,2-5,8,10,12-14H2,1H3/t17-/m1/s1. The molecule has 1 atom stereocenters. The molecule has 0 unspecified atom stereocenters. The van der Waals surface area contributed by atoms with Gasteiger partial charge in [-0.2, -0.15) is 16.4 Å². The van der Waals surface area contributed by atoms with Crippen LogP contribution in [0.15, 0.2) is 29.1 Å². The van der Waals surface area contributed by atoms with Crippen molar-refractivity contribution in [2.75, 3.05) is 19.6 Å². The summed E-state index contributed by atoms with van der Waals surface area (Å²) >= 11 is 1.68. The Morgan fingerprint density at radius 2 is 2.40 bits per heavy atom. The summed E-state index contributed by atoms with van der Waals surface area (Å²) < 4.78 is 1.91. The number of hydrogen-bond donors (Lipinski definition) is 1. The van der Waals surface area contributed by atoms with E-state index in [1.54, 1.807) is 11.3 Å². The average molecular weight is 361 g/mol. The summed E-state index contributed by atoms with van der Waals surface area (Å²) in [5.74, 6) is 0.624. The third-order valence-electron chi connectivity index (χ3n) is 4.84. The number of amides is 1. The third-order valence-corrected chi connectivity index (χ3v) is 5.57. The highest BCUT2D eigenvalue weighted by molar-refractivity contribution is 7.07. The molecule has 1 fully saturated rings. The van der Waals surface area contributed by atoms with E-state index in [2.05, 4.69) is 40.2 Å². The number of aromatic nitrogens is 2. The lowest BCUT2D eigenvalue weighted by atomic mass is 9.96. The van der Waals surface area contributed by atoms with Crippen LogP contribution in [0.1, 0.15) is 49.8 Å². The second-order valence-electron chi connectivity index (χ2n) is 6.76. The number of thiophene rings is 1. The maximum atomic E-state index is 12.9. The predicted molar refractivity (Wildman–Crippen MR) is 102 cm³/mol. The predicted octanol–water partition coefficient (Wildman–Crippen LogP) is 3.24. The van der Waals surface area contributed by atoms with Crippen molar-refractivity contribution in [2.45, 2.75) is 51.6 Å². The molecule has 0 bridgehead atoms. The first kappa shape index (κ1) is 18.1. The van der Waals surface area contributed by atoms with Gasteiger partial charge >= 0.3 is 0 Å². The molecule has 1 saturated heterocycles. The number of nitrogens with zero attached hydrogens (tertiary/aromatic N) is 3. The van der Waals surface area contributed by atoms with E-state index >= 15 is 0 Å². The molecule has 1 amide bonds. The van der Waals surface area contributed by atoms with Gasteiger partial charge in [0.2, 0.25) is 5.91 Å². The minimum absolute atomic E-state index is 0.161. The number of nitrogens with one attached hydrogen (secondary N) is 1. The zero-order valence-electron chi connectivity index (χ0n) is 15.0. The van der Waals surface area contributed by atoms with Gasteiger partial charge in [0.05, 0.1) is 0 Å². The summed E-state index contributed by atoms with van der Waals surface area (Å²) in [6.45, 7) is 6.08. The van der Waals surface area contributed by atoms with Gasteiger partial charge in [0.15, 0.2) is 0 Å². The number of unbranched alkanes of at least 4 members (excludes halogenated alkanes) is 1. The summed E-state index contributed by atoms with van der Waals surface area (Å²) in [5, 5.41) is 12.1. The molecule has 1 N–H and O–H groups in total. The second-order valence-corrected chi connectivity index (χ2v) is 7.54. The van der Waals surface area contributed by atoms with Crippen molar-refractivity contribution in [1.29, 1.82) is 0 Å². The molecule has 0 radical (unpaired) electrons. The van der Waals surface area contributed by atoms with Crippen LogP contribution in [-0.2, 0) is 17.9 Å². The fourth-order valence-electron chi connectivity index (χ4n) is 3.40. The summed E-state index contributed by atoms with van der Waals surface area (Å²) in [6, 6.07) is 4.17. The normalized spacial score (nSPS) is 17.6. The molecule has 3 rings (SSSR count). The maximum absolute atomic E-state index is 12.9. The molecule has 2 aromatic heterocycles. The highest BCUT2D eigenvalue weighted by Crippen LogP contribution is 2.23. The van der Waals surface area contributed by atoms with Crippen molar-refractivity contribution in [3.63, 3.8) is 0 Å². The Kier molecular flexibility index (Phi) is 6.64. The van der Waals surface area contributed by atoms with Crippen molar-refractivity contribution in [1.82, 2.24) is 20.0 Å². The summed E-state index contributed by atoms with van der Waals surface area (Å²) in [7, 11) is 0. The largest absolute Gasteiger partial charge is 0.337 e. The molecule has 0 aromatic carbocycles. The molecule has 136 valence electrons. The Bertz CT molecular complexity index is 646. The number of piperidine rings is 1. The SMILES string of the molecule is CCCCN(Cc1ccsc1)C(=O)Cn1nccc1[C@@H]1CCCNC1. The molecule has 0 saturated carbocycles. The zero-order valence-corrected chi connectivity index (χ0v) is 15.8. The van der Waals surface area contributed by atoms with Crippen molar-refractivity contribution in [3.05, 3.63) is 40.3 Å². The van der Waals surface area contributed by atoms with Gasteiger partial charge < -0.3 is 10.2 Å². The lowest BCUT2D eigenvalue weighted by Crippen LogP contribution is -2.36. The summed E-state index contributed by atoms with van der Waals surface area (Å²) in [4.78, 5) is 14.9. The Hall–Kier alpha value is -1.66. The van der Waals surface area contributed by atoms with Crippen LogP contribution in [0.4, 0.5) is 0 Å². The van der Waals surface area contributed by atoms with Crippen LogP contribution in [0.2, 0.25) is 0 Å². The van der Waals surface area contributed by atoms with Crippen LogP contribution < -0.4 is 5.32 Å². The van der Waals surface area contributed by atoms with Crippen molar-refractivity contribution < 1.29 is 4.79 Å². The van der Waals surface area contributed by atoms with Gasteiger partial charge in [-0.05, 0) is 54.3 Å². The molecule has 1 aliphatic heterocycles. The van der Waals surface area contributed by atoms with Crippen LogP contribution in [0.5, 0.6) is 0 Å². The minimum Gasteiger partial charge on any atom is -0.337 e. The average Bonchev–Trinajstić information content (AvgIpc) is 3.31. The van der Waals surface area contributed by atoms with E-state index in [1.807, 2.05) is 15.8 Å². The van der Waals surface area contributed by atoms with Crippen molar-refractivity contribution in [2.24, 2.45) is 0 Å². The van der Waals surface area contributed by atoms with Crippen LogP contribution in [-0.4, -0.2) is 40.2 Å². The molecule has 5 nitrogen and oxygen atoms in total. The van der Waals surface area contributed by atoms with E-state index in [1.165, 1.54) is 24.1 Å². The molecule has 3 heterocycles. The van der Waals surface area contributed by atoms with Crippen molar-refractivity contribution >= 4 is 17.2 Å². The van der Waals surface area contributed by atoms with Crippen LogP contribution in [0.3, 0.4) is 0 Å². The molecule has 6 heteroatoms. The fourth-order valence-corrected chi connectivity index (χ4v) is 4.06. The fraction of sp³-hybridized carbons (Fsp3) is 0.579. The first-order valence-electron chi connectivity index (χ1n) is 9.29. The van der Waals surface area contributed by atoms with E-state index in [0.29, 0.717) is 19.0 Å². The van der Waals surface area contributed by atoms with Gasteiger partial charge in [0.1, 0.15) is 6.54 Å². The van der Waals surface area contributed by atoms with Crippen LogP contribution >= 0.6 is 11.3 Å². The molecule has 1 aliphatic rings. The topological polar surface area (TPSA) is 50.2 Å². The van der Waals surface area contributed by atoms with Gasteiger partial charge in [0.25, 0.3) is 0 Å². The molecule has 0 spiro atoms. The van der Waals surface area contributed by atoms with Gasteiger partial charge in [0, 0.05) is 37.4 Å². The summed E-state index contributed by atoms with van der Waals surface area (Å²) in [5.41, 5.74) is 2.40.